The summed E-state index contributed by atoms with van der Waals surface area (Å²) in [7, 11) is 0. The van der Waals surface area contributed by atoms with Crippen molar-refractivity contribution in [2.45, 2.75) is 19.8 Å². The van der Waals surface area contributed by atoms with E-state index >= 15 is 0 Å². The zero-order valence-corrected chi connectivity index (χ0v) is 8.56. The van der Waals surface area contributed by atoms with Gasteiger partial charge in [-0.05, 0) is 6.42 Å². The lowest BCUT2D eigenvalue weighted by Crippen LogP contribution is -2.03. The Morgan fingerprint density at radius 1 is 1.38 bits per heavy atom. The molecule has 1 aromatic heterocycles. The van der Waals surface area contributed by atoms with Crippen LogP contribution in [0.5, 0.6) is 0 Å². The highest BCUT2D eigenvalue weighted by molar-refractivity contribution is 6.38. The summed E-state index contributed by atoms with van der Waals surface area (Å²) in [5.41, 5.74) is 0.229. The Morgan fingerprint density at radius 3 is 2.38 bits per heavy atom. The number of ketones is 1. The molecule has 0 aromatic carbocycles. The first-order chi connectivity index (χ1) is 6.16. The second-order valence-electron chi connectivity index (χ2n) is 2.50. The molecule has 70 valence electrons. The average Bonchev–Trinajstić information content (AvgIpc) is 2.04. The number of carbonyl (C=O) groups excluding carboxylic acids is 1. The third-order valence-corrected chi connectivity index (χ3v) is 2.08. The molecule has 0 fully saturated rings. The topological polar surface area (TPSA) is 42.9 Å². The van der Waals surface area contributed by atoms with Gasteiger partial charge in [0.25, 0.3) is 0 Å². The first kappa shape index (κ1) is 10.4. The molecule has 1 rings (SSSR count). The summed E-state index contributed by atoms with van der Waals surface area (Å²) in [6.07, 6.45) is 2.39. The Morgan fingerprint density at radius 2 is 1.92 bits per heavy atom. The Balaban J connectivity index is 3.05. The molecular formula is C8H8Cl2N2O. The van der Waals surface area contributed by atoms with Gasteiger partial charge in [-0.1, -0.05) is 30.1 Å². The highest BCUT2D eigenvalue weighted by atomic mass is 35.5. The van der Waals surface area contributed by atoms with Crippen molar-refractivity contribution >= 4 is 29.0 Å². The molecule has 0 unspecified atom stereocenters. The van der Waals surface area contributed by atoms with Crippen molar-refractivity contribution in [2.24, 2.45) is 0 Å². The van der Waals surface area contributed by atoms with Gasteiger partial charge in [0.05, 0.1) is 5.56 Å². The largest absolute Gasteiger partial charge is 0.294 e. The molecule has 1 aromatic rings. The highest BCUT2D eigenvalue weighted by Gasteiger charge is 2.15. The van der Waals surface area contributed by atoms with Crippen LogP contribution in [0.1, 0.15) is 30.1 Å². The number of nitrogens with zero attached hydrogens (tertiary/aromatic N) is 2. The molecule has 0 saturated carbocycles. The molecule has 0 atom stereocenters. The van der Waals surface area contributed by atoms with Gasteiger partial charge in [0, 0.05) is 6.42 Å². The van der Waals surface area contributed by atoms with Gasteiger partial charge in [0.2, 0.25) is 0 Å². The van der Waals surface area contributed by atoms with Gasteiger partial charge >= 0.3 is 0 Å². The van der Waals surface area contributed by atoms with Crippen molar-refractivity contribution in [2.75, 3.05) is 0 Å². The fourth-order valence-corrected chi connectivity index (χ4v) is 1.45. The fraction of sp³-hybridized carbons (Fsp3) is 0.375. The van der Waals surface area contributed by atoms with Gasteiger partial charge in [-0.25, -0.2) is 9.97 Å². The summed E-state index contributed by atoms with van der Waals surface area (Å²) >= 11 is 11.4. The maximum Gasteiger partial charge on any atom is 0.169 e. The predicted octanol–water partition coefficient (Wildman–Crippen LogP) is 2.77. The Kier molecular flexibility index (Phi) is 3.63. The number of rotatable bonds is 3. The van der Waals surface area contributed by atoms with Crippen LogP contribution in [0.3, 0.4) is 0 Å². The SMILES string of the molecule is CCCC(=O)c1c(Cl)ncnc1Cl. The van der Waals surface area contributed by atoms with Crippen molar-refractivity contribution in [3.63, 3.8) is 0 Å². The van der Waals surface area contributed by atoms with Crippen molar-refractivity contribution in [3.05, 3.63) is 22.2 Å². The summed E-state index contributed by atoms with van der Waals surface area (Å²) < 4.78 is 0. The summed E-state index contributed by atoms with van der Waals surface area (Å²) in [5, 5.41) is 0.247. The molecule has 5 heteroatoms. The second kappa shape index (κ2) is 4.53. The fourth-order valence-electron chi connectivity index (χ4n) is 0.927. The van der Waals surface area contributed by atoms with Crippen LogP contribution in [0.15, 0.2) is 6.33 Å². The van der Waals surface area contributed by atoms with Crippen LogP contribution in [0.4, 0.5) is 0 Å². The number of hydrogen-bond donors (Lipinski definition) is 0. The lowest BCUT2D eigenvalue weighted by atomic mass is 10.1. The molecule has 0 aliphatic rings. The van der Waals surface area contributed by atoms with E-state index in [9.17, 15) is 4.79 Å². The number of carbonyl (C=O) groups is 1. The lowest BCUT2D eigenvalue weighted by Gasteiger charge is -2.01. The van der Waals surface area contributed by atoms with Gasteiger partial charge in [0.1, 0.15) is 16.6 Å². The zero-order chi connectivity index (χ0) is 9.84. The van der Waals surface area contributed by atoms with E-state index in [1.54, 1.807) is 0 Å². The third-order valence-electron chi connectivity index (χ3n) is 1.51. The van der Waals surface area contributed by atoms with E-state index in [1.165, 1.54) is 6.33 Å². The van der Waals surface area contributed by atoms with E-state index in [0.717, 1.165) is 6.42 Å². The standard InChI is InChI=1S/C8H8Cl2N2O/c1-2-3-5(13)6-7(9)11-4-12-8(6)10/h4H,2-3H2,1H3. The molecule has 0 saturated heterocycles. The van der Waals surface area contributed by atoms with Crippen LogP contribution in [0.2, 0.25) is 10.3 Å². The van der Waals surface area contributed by atoms with Crippen LogP contribution in [-0.4, -0.2) is 15.8 Å². The van der Waals surface area contributed by atoms with E-state index in [4.69, 9.17) is 23.2 Å². The van der Waals surface area contributed by atoms with Crippen LogP contribution in [0, 0.1) is 0 Å². The zero-order valence-electron chi connectivity index (χ0n) is 7.05. The Bertz CT molecular complexity index is 308. The van der Waals surface area contributed by atoms with Crippen molar-refractivity contribution in [3.8, 4) is 0 Å². The van der Waals surface area contributed by atoms with Crippen molar-refractivity contribution in [1.29, 1.82) is 0 Å². The van der Waals surface area contributed by atoms with Crippen molar-refractivity contribution in [1.82, 2.24) is 9.97 Å². The number of aromatic nitrogens is 2. The highest BCUT2D eigenvalue weighted by Crippen LogP contribution is 2.21. The number of hydrogen-bond acceptors (Lipinski definition) is 3. The molecule has 13 heavy (non-hydrogen) atoms. The summed E-state index contributed by atoms with van der Waals surface area (Å²) in [4.78, 5) is 18.8. The first-order valence-corrected chi connectivity index (χ1v) is 4.61. The van der Waals surface area contributed by atoms with E-state index in [1.807, 2.05) is 6.92 Å². The quantitative estimate of drug-likeness (QED) is 0.579. The van der Waals surface area contributed by atoms with E-state index < -0.39 is 0 Å². The maximum atomic E-state index is 11.4. The molecule has 0 radical (unpaired) electrons. The van der Waals surface area contributed by atoms with Crippen molar-refractivity contribution < 1.29 is 4.79 Å². The monoisotopic (exact) mass is 218 g/mol. The van der Waals surface area contributed by atoms with Gasteiger partial charge in [-0.15, -0.1) is 0 Å². The first-order valence-electron chi connectivity index (χ1n) is 3.86. The predicted molar refractivity (Wildman–Crippen MR) is 51.3 cm³/mol. The second-order valence-corrected chi connectivity index (χ2v) is 3.22. The van der Waals surface area contributed by atoms with Crippen LogP contribution >= 0.6 is 23.2 Å². The average molecular weight is 219 g/mol. The molecule has 0 bridgehead atoms. The third kappa shape index (κ3) is 2.39. The summed E-state index contributed by atoms with van der Waals surface area (Å²) in [6.45, 7) is 1.91. The van der Waals surface area contributed by atoms with Crippen LogP contribution in [0.25, 0.3) is 0 Å². The van der Waals surface area contributed by atoms with E-state index in [-0.39, 0.29) is 21.7 Å². The number of halogens is 2. The smallest absolute Gasteiger partial charge is 0.169 e. The molecular weight excluding hydrogens is 211 g/mol. The normalized spacial score (nSPS) is 10.1. The van der Waals surface area contributed by atoms with Gasteiger partial charge in [0.15, 0.2) is 5.78 Å². The van der Waals surface area contributed by atoms with E-state index in [0.29, 0.717) is 6.42 Å². The minimum Gasteiger partial charge on any atom is -0.294 e. The van der Waals surface area contributed by atoms with Gasteiger partial charge < -0.3 is 0 Å². The van der Waals surface area contributed by atoms with E-state index in [2.05, 4.69) is 9.97 Å². The molecule has 1 heterocycles. The molecule has 0 aliphatic carbocycles. The molecule has 3 nitrogen and oxygen atoms in total. The Labute approximate surface area is 86.1 Å². The maximum absolute atomic E-state index is 11.4. The van der Waals surface area contributed by atoms with Gasteiger partial charge in [-0.2, -0.15) is 0 Å². The van der Waals surface area contributed by atoms with Gasteiger partial charge in [-0.3, -0.25) is 4.79 Å². The number of Topliss-reactive ketones (excluding diaryl/α,β-unsaturated/α-hetero) is 1. The molecule has 0 N–H and O–H groups in total. The minimum absolute atomic E-state index is 0.113. The Hall–Kier alpha value is -0.670. The minimum atomic E-state index is -0.113. The summed E-state index contributed by atoms with van der Waals surface area (Å²) in [5.74, 6) is -0.113. The molecule has 0 amide bonds. The van der Waals surface area contributed by atoms with Crippen LogP contribution < -0.4 is 0 Å². The molecule has 0 spiro atoms. The lowest BCUT2D eigenvalue weighted by molar-refractivity contribution is 0.0981. The summed E-state index contributed by atoms with van der Waals surface area (Å²) in [6, 6.07) is 0. The molecule has 0 aliphatic heterocycles. The van der Waals surface area contributed by atoms with Crippen LogP contribution in [-0.2, 0) is 0 Å².